The van der Waals surface area contributed by atoms with E-state index >= 15 is 0 Å². The maximum atomic E-state index is 12.7. The highest BCUT2D eigenvalue weighted by Gasteiger charge is 2.36. The first-order valence-corrected chi connectivity index (χ1v) is 10.1. The van der Waals surface area contributed by atoms with Gasteiger partial charge in [-0.05, 0) is 45.4 Å². The lowest BCUT2D eigenvalue weighted by Crippen LogP contribution is -2.25. The Balaban J connectivity index is 2.13. The van der Waals surface area contributed by atoms with Crippen LogP contribution in [0.1, 0.15) is 44.7 Å². The normalized spacial score (nSPS) is 16.2. The smallest absolute Gasteiger partial charge is 0.338 e. The van der Waals surface area contributed by atoms with E-state index in [-0.39, 0.29) is 29.7 Å². The third-order valence-corrected chi connectivity index (χ3v) is 4.79. The Hall–Kier alpha value is -3.73. The van der Waals surface area contributed by atoms with Crippen LogP contribution in [0.25, 0.3) is 0 Å². The number of esters is 1. The second-order valence-electron chi connectivity index (χ2n) is 7.38. The molecule has 0 saturated carbocycles. The molecule has 2 heterocycles. The summed E-state index contributed by atoms with van der Waals surface area (Å²) < 4.78 is 18.6. The van der Waals surface area contributed by atoms with Crippen LogP contribution in [-0.2, 0) is 20.8 Å². The lowest BCUT2D eigenvalue weighted by molar-refractivity contribution is -0.139. The molecule has 1 atom stereocenters. The van der Waals surface area contributed by atoms with E-state index in [1.807, 2.05) is 42.8 Å². The zero-order valence-electron chi connectivity index (χ0n) is 18.1. The highest BCUT2D eigenvalue weighted by Crippen LogP contribution is 2.41. The number of ether oxygens (including phenoxy) is 3. The van der Waals surface area contributed by atoms with Crippen LogP contribution >= 0.6 is 0 Å². The molecule has 1 aromatic heterocycles. The van der Waals surface area contributed by atoms with E-state index in [0.29, 0.717) is 18.1 Å². The molecule has 0 radical (unpaired) electrons. The molecule has 31 heavy (non-hydrogen) atoms. The maximum Gasteiger partial charge on any atom is 0.338 e. The first kappa shape index (κ1) is 22.0. The van der Waals surface area contributed by atoms with Crippen LogP contribution in [0.3, 0.4) is 0 Å². The monoisotopic (exact) mass is 422 g/mol. The van der Waals surface area contributed by atoms with Gasteiger partial charge < -0.3 is 24.5 Å². The second-order valence-corrected chi connectivity index (χ2v) is 7.38. The fourth-order valence-electron chi connectivity index (χ4n) is 3.54. The minimum atomic E-state index is -0.701. The van der Waals surface area contributed by atoms with Crippen LogP contribution in [-0.4, -0.2) is 28.2 Å². The predicted octanol–water partition coefficient (Wildman–Crippen LogP) is 3.36. The first-order valence-electron chi connectivity index (χ1n) is 10.1. The van der Waals surface area contributed by atoms with Gasteiger partial charge in [0.1, 0.15) is 23.2 Å². The molecular weight excluding hydrogens is 396 g/mol. The minimum absolute atomic E-state index is 0.0158. The summed E-state index contributed by atoms with van der Waals surface area (Å²) in [4.78, 5) is 16.8. The number of rotatable bonds is 7. The summed E-state index contributed by atoms with van der Waals surface area (Å²) in [7, 11) is 0. The van der Waals surface area contributed by atoms with E-state index in [1.54, 1.807) is 26.4 Å². The lowest BCUT2D eigenvalue weighted by Gasteiger charge is -2.27. The van der Waals surface area contributed by atoms with Crippen molar-refractivity contribution in [1.29, 1.82) is 5.26 Å². The Kier molecular flexibility index (Phi) is 6.65. The number of nitrogens with two attached hydrogens (primary N) is 1. The van der Waals surface area contributed by atoms with Crippen LogP contribution < -0.4 is 10.5 Å². The predicted molar refractivity (Wildman–Crippen MR) is 114 cm³/mol. The minimum Gasteiger partial charge on any atom is -0.491 e. The van der Waals surface area contributed by atoms with Crippen molar-refractivity contribution in [3.8, 4) is 11.8 Å². The van der Waals surface area contributed by atoms with Crippen molar-refractivity contribution in [1.82, 2.24) is 9.55 Å². The summed E-state index contributed by atoms with van der Waals surface area (Å²) in [5.74, 6) is -0.222. The Bertz CT molecular complexity index is 1060. The zero-order valence-corrected chi connectivity index (χ0v) is 18.1. The highest BCUT2D eigenvalue weighted by molar-refractivity contribution is 5.92. The number of nitrogens with zero attached hydrogens (tertiary/aromatic N) is 3. The standard InChI is InChI=1S/C23H26N4O4/c1-5-29-23(28)20-15(4)31-22(25)18(11-24)21(20)16-6-7-19(30-14(2)3)17(10-16)12-27-9-8-26-13-27/h6-10,13-14,21H,5,12,25H2,1-4H3. The van der Waals surface area contributed by atoms with Gasteiger partial charge in [-0.25, -0.2) is 9.78 Å². The Morgan fingerprint density at radius 2 is 2.19 bits per heavy atom. The number of carbonyl (C=O) groups excluding carboxylic acids is 1. The molecule has 0 spiro atoms. The summed E-state index contributed by atoms with van der Waals surface area (Å²) in [6.45, 7) is 7.99. The van der Waals surface area contributed by atoms with Crippen LogP contribution in [0, 0.1) is 11.3 Å². The van der Waals surface area contributed by atoms with E-state index in [1.165, 1.54) is 0 Å². The fourth-order valence-corrected chi connectivity index (χ4v) is 3.54. The van der Waals surface area contributed by atoms with Crippen molar-refractivity contribution < 1.29 is 19.0 Å². The molecule has 1 aromatic carbocycles. The summed E-state index contributed by atoms with van der Waals surface area (Å²) >= 11 is 0. The molecular formula is C23H26N4O4. The number of hydrogen-bond acceptors (Lipinski definition) is 7. The van der Waals surface area contributed by atoms with Gasteiger partial charge in [0.05, 0.1) is 37.1 Å². The molecule has 1 aliphatic rings. The third-order valence-electron chi connectivity index (χ3n) is 4.79. The fraction of sp³-hybridized carbons (Fsp3) is 0.348. The first-order chi connectivity index (χ1) is 14.8. The van der Waals surface area contributed by atoms with Crippen LogP contribution in [0.5, 0.6) is 5.75 Å². The number of aromatic nitrogens is 2. The van der Waals surface area contributed by atoms with Gasteiger partial charge in [-0.15, -0.1) is 0 Å². The number of benzene rings is 1. The number of hydrogen-bond donors (Lipinski definition) is 1. The van der Waals surface area contributed by atoms with Crippen molar-refractivity contribution in [2.75, 3.05) is 6.61 Å². The van der Waals surface area contributed by atoms with E-state index in [4.69, 9.17) is 19.9 Å². The molecule has 0 aliphatic carbocycles. The van der Waals surface area contributed by atoms with Crippen LogP contribution in [0.4, 0.5) is 0 Å². The molecule has 2 aromatic rings. The van der Waals surface area contributed by atoms with Gasteiger partial charge in [0.15, 0.2) is 0 Å². The van der Waals surface area contributed by atoms with Gasteiger partial charge in [0, 0.05) is 18.0 Å². The Morgan fingerprint density at radius 3 is 2.81 bits per heavy atom. The molecule has 8 nitrogen and oxygen atoms in total. The molecule has 162 valence electrons. The van der Waals surface area contributed by atoms with Crippen molar-refractivity contribution in [2.45, 2.75) is 46.3 Å². The number of allylic oxidation sites excluding steroid dienone is 2. The average Bonchev–Trinajstić information content (AvgIpc) is 3.21. The van der Waals surface area contributed by atoms with Crippen LogP contribution in [0.2, 0.25) is 0 Å². The SMILES string of the molecule is CCOC(=O)C1=C(C)OC(N)=C(C#N)C1c1ccc(OC(C)C)c(Cn2ccnc2)c1. The summed E-state index contributed by atoms with van der Waals surface area (Å²) in [6.07, 6.45) is 5.26. The largest absolute Gasteiger partial charge is 0.491 e. The van der Waals surface area contributed by atoms with E-state index in [2.05, 4.69) is 11.1 Å². The van der Waals surface area contributed by atoms with Crippen molar-refractivity contribution in [2.24, 2.45) is 5.73 Å². The maximum absolute atomic E-state index is 12.7. The molecule has 1 unspecified atom stereocenters. The van der Waals surface area contributed by atoms with E-state index in [9.17, 15) is 10.1 Å². The number of nitriles is 1. The Morgan fingerprint density at radius 1 is 1.42 bits per heavy atom. The summed E-state index contributed by atoms with van der Waals surface area (Å²) in [5, 5.41) is 9.78. The third kappa shape index (κ3) is 4.72. The number of imidazole rings is 1. The lowest BCUT2D eigenvalue weighted by atomic mass is 9.82. The summed E-state index contributed by atoms with van der Waals surface area (Å²) in [5.41, 5.74) is 8.03. The molecule has 0 bridgehead atoms. The second kappa shape index (κ2) is 9.39. The van der Waals surface area contributed by atoms with E-state index in [0.717, 1.165) is 11.1 Å². The summed E-state index contributed by atoms with van der Waals surface area (Å²) in [6, 6.07) is 7.71. The van der Waals surface area contributed by atoms with Gasteiger partial charge in [-0.1, -0.05) is 6.07 Å². The highest BCUT2D eigenvalue weighted by atomic mass is 16.5. The molecule has 8 heteroatoms. The molecule has 0 saturated heterocycles. The molecule has 0 amide bonds. The topological polar surface area (TPSA) is 112 Å². The Labute approximate surface area is 181 Å². The number of carbonyl (C=O) groups is 1. The molecule has 0 fully saturated rings. The quantitative estimate of drug-likeness (QED) is 0.681. The van der Waals surface area contributed by atoms with Gasteiger partial charge in [0.2, 0.25) is 5.88 Å². The zero-order chi connectivity index (χ0) is 22.5. The van der Waals surface area contributed by atoms with Gasteiger partial charge in [-0.2, -0.15) is 5.26 Å². The van der Waals surface area contributed by atoms with Gasteiger partial charge >= 0.3 is 5.97 Å². The molecule has 3 rings (SSSR count). The molecule has 1 aliphatic heterocycles. The van der Waals surface area contributed by atoms with Crippen molar-refractivity contribution in [3.63, 3.8) is 0 Å². The average molecular weight is 422 g/mol. The van der Waals surface area contributed by atoms with Gasteiger partial charge in [0.25, 0.3) is 0 Å². The van der Waals surface area contributed by atoms with Crippen LogP contribution in [0.15, 0.2) is 59.7 Å². The van der Waals surface area contributed by atoms with Gasteiger partial charge in [-0.3, -0.25) is 0 Å². The molecule has 2 N–H and O–H groups in total. The van der Waals surface area contributed by atoms with Crippen molar-refractivity contribution >= 4 is 5.97 Å². The van der Waals surface area contributed by atoms with Crippen molar-refractivity contribution in [3.05, 3.63) is 70.8 Å². The van der Waals surface area contributed by atoms with E-state index < -0.39 is 11.9 Å².